The number of halogens is 4. The van der Waals surface area contributed by atoms with E-state index in [4.69, 9.17) is 17.3 Å². The van der Waals surface area contributed by atoms with Crippen LogP contribution < -0.4 is 5.73 Å². The summed E-state index contributed by atoms with van der Waals surface area (Å²) < 4.78 is 38.8. The number of hydrogen-bond acceptors (Lipinski definition) is 1. The van der Waals surface area contributed by atoms with Crippen molar-refractivity contribution in [3.8, 4) is 0 Å². The van der Waals surface area contributed by atoms with Gasteiger partial charge in [-0.05, 0) is 53.5 Å². The zero-order chi connectivity index (χ0) is 19.1. The summed E-state index contributed by atoms with van der Waals surface area (Å²) in [6.45, 7) is 2.14. The first-order valence-corrected chi connectivity index (χ1v) is 8.73. The van der Waals surface area contributed by atoms with Crippen molar-refractivity contribution < 1.29 is 18.0 Å². The van der Waals surface area contributed by atoms with Gasteiger partial charge in [0, 0.05) is 5.02 Å². The molecule has 1 amide bonds. The number of primary amides is 1. The number of carbonyl (C=O) groups excluding carboxylic acids is 1. The number of benzene rings is 2. The minimum Gasteiger partial charge on any atom is -0.369 e. The Bertz CT molecular complexity index is 843. The Labute approximate surface area is 155 Å². The van der Waals surface area contributed by atoms with Gasteiger partial charge in [0.1, 0.15) is 0 Å². The highest BCUT2D eigenvalue weighted by molar-refractivity contribution is 6.31. The quantitative estimate of drug-likeness (QED) is 0.757. The summed E-state index contributed by atoms with van der Waals surface area (Å²) in [5.74, 6) is -1.52. The van der Waals surface area contributed by atoms with E-state index in [9.17, 15) is 18.0 Å². The summed E-state index contributed by atoms with van der Waals surface area (Å²) in [6, 6.07) is 10.3. The highest BCUT2D eigenvalue weighted by Crippen LogP contribution is 2.50. The second-order valence-electron chi connectivity index (χ2n) is 7.16. The van der Waals surface area contributed by atoms with Crippen LogP contribution >= 0.6 is 11.6 Å². The van der Waals surface area contributed by atoms with E-state index in [0.717, 1.165) is 36.1 Å². The van der Waals surface area contributed by atoms with Crippen molar-refractivity contribution in [3.05, 3.63) is 69.7 Å². The second-order valence-corrected chi connectivity index (χ2v) is 7.56. The maximum absolute atomic E-state index is 12.9. The van der Waals surface area contributed by atoms with Crippen LogP contribution in [0.15, 0.2) is 42.5 Å². The first-order valence-electron chi connectivity index (χ1n) is 8.35. The van der Waals surface area contributed by atoms with Gasteiger partial charge in [-0.15, -0.1) is 0 Å². The SMILES string of the molecule is CC1(c2ccc(CC(C(N)=O)c3cccc(C(F)(F)F)c3)cc2Cl)CC1. The average Bonchev–Trinajstić information content (AvgIpc) is 3.30. The van der Waals surface area contributed by atoms with Crippen molar-refractivity contribution in [2.45, 2.75) is 43.7 Å². The van der Waals surface area contributed by atoms with Crippen LogP contribution in [0.25, 0.3) is 0 Å². The molecule has 1 atom stereocenters. The summed E-state index contributed by atoms with van der Waals surface area (Å²) >= 11 is 6.38. The maximum atomic E-state index is 12.9. The monoisotopic (exact) mass is 381 g/mol. The van der Waals surface area contributed by atoms with Crippen molar-refractivity contribution in [2.24, 2.45) is 5.73 Å². The van der Waals surface area contributed by atoms with E-state index in [1.54, 1.807) is 6.07 Å². The Hall–Kier alpha value is -2.01. The summed E-state index contributed by atoms with van der Waals surface area (Å²) in [5.41, 5.74) is 6.87. The molecular formula is C20H19ClF3NO. The highest BCUT2D eigenvalue weighted by Gasteiger charge is 2.40. The van der Waals surface area contributed by atoms with Crippen LogP contribution in [0, 0.1) is 0 Å². The molecule has 1 aliphatic carbocycles. The smallest absolute Gasteiger partial charge is 0.369 e. The van der Waals surface area contributed by atoms with Gasteiger partial charge < -0.3 is 5.73 Å². The first-order chi connectivity index (χ1) is 12.1. The molecule has 0 bridgehead atoms. The van der Waals surface area contributed by atoms with E-state index in [1.807, 2.05) is 12.1 Å². The first kappa shape index (κ1) is 18.8. The number of carbonyl (C=O) groups is 1. The summed E-state index contributed by atoms with van der Waals surface area (Å²) in [7, 11) is 0. The molecule has 0 aromatic heterocycles. The number of amides is 1. The largest absolute Gasteiger partial charge is 0.416 e. The molecule has 2 nitrogen and oxygen atoms in total. The average molecular weight is 382 g/mol. The lowest BCUT2D eigenvalue weighted by molar-refractivity contribution is -0.137. The third kappa shape index (κ3) is 3.88. The molecule has 0 heterocycles. The van der Waals surface area contributed by atoms with Gasteiger partial charge in [0.2, 0.25) is 5.91 Å². The Balaban J connectivity index is 1.88. The molecular weight excluding hydrogens is 363 g/mol. The van der Waals surface area contributed by atoms with Gasteiger partial charge in [-0.1, -0.05) is 48.9 Å². The minimum absolute atomic E-state index is 0.111. The van der Waals surface area contributed by atoms with Crippen LogP contribution in [-0.2, 0) is 22.8 Å². The van der Waals surface area contributed by atoms with Crippen LogP contribution in [0.5, 0.6) is 0 Å². The molecule has 26 heavy (non-hydrogen) atoms. The fourth-order valence-corrected chi connectivity index (χ4v) is 3.61. The molecule has 2 aromatic carbocycles. The van der Waals surface area contributed by atoms with E-state index in [0.29, 0.717) is 5.02 Å². The van der Waals surface area contributed by atoms with Crippen molar-refractivity contribution in [2.75, 3.05) is 0 Å². The lowest BCUT2D eigenvalue weighted by atomic mass is 9.89. The summed E-state index contributed by atoms with van der Waals surface area (Å²) in [4.78, 5) is 11.9. The number of rotatable bonds is 5. The molecule has 0 radical (unpaired) electrons. The van der Waals surface area contributed by atoms with E-state index in [-0.39, 0.29) is 17.4 Å². The predicted octanol–water partition coefficient (Wildman–Crippen LogP) is 5.22. The minimum atomic E-state index is -4.47. The summed E-state index contributed by atoms with van der Waals surface area (Å²) in [6.07, 6.45) is -2.10. The van der Waals surface area contributed by atoms with Crippen LogP contribution in [0.2, 0.25) is 5.02 Å². The zero-order valence-corrected chi connectivity index (χ0v) is 15.0. The van der Waals surface area contributed by atoms with Crippen molar-refractivity contribution in [1.29, 1.82) is 0 Å². The highest BCUT2D eigenvalue weighted by atomic mass is 35.5. The van der Waals surface area contributed by atoms with E-state index in [2.05, 4.69) is 6.92 Å². The fourth-order valence-electron chi connectivity index (χ4n) is 3.18. The molecule has 0 spiro atoms. The molecule has 2 aromatic rings. The van der Waals surface area contributed by atoms with Crippen LogP contribution in [0.1, 0.15) is 47.9 Å². The van der Waals surface area contributed by atoms with Crippen molar-refractivity contribution >= 4 is 17.5 Å². The van der Waals surface area contributed by atoms with Crippen LogP contribution in [0.3, 0.4) is 0 Å². The molecule has 3 rings (SSSR count). The van der Waals surface area contributed by atoms with Crippen molar-refractivity contribution in [3.63, 3.8) is 0 Å². The lowest BCUT2D eigenvalue weighted by Gasteiger charge is -2.18. The standard InChI is InChI=1S/C20H19ClF3NO/c1-19(7-8-19)16-6-5-12(10-17(16)21)9-15(18(25)26)13-3-2-4-14(11-13)20(22,23)24/h2-6,10-11,15H,7-9H2,1H3,(H2,25,26). The molecule has 1 aliphatic rings. The molecule has 0 saturated heterocycles. The Morgan fingerprint density at radius 2 is 1.92 bits per heavy atom. The third-order valence-electron chi connectivity index (χ3n) is 5.08. The van der Waals surface area contributed by atoms with Crippen molar-refractivity contribution in [1.82, 2.24) is 0 Å². The van der Waals surface area contributed by atoms with E-state index >= 15 is 0 Å². The van der Waals surface area contributed by atoms with E-state index in [1.165, 1.54) is 12.1 Å². The Kier molecular flexibility index (Phi) is 4.78. The number of hydrogen-bond donors (Lipinski definition) is 1. The Morgan fingerprint density at radius 1 is 1.23 bits per heavy atom. The van der Waals surface area contributed by atoms with Crippen LogP contribution in [0.4, 0.5) is 13.2 Å². The van der Waals surface area contributed by atoms with Gasteiger partial charge in [-0.25, -0.2) is 0 Å². The maximum Gasteiger partial charge on any atom is 0.416 e. The molecule has 138 valence electrons. The normalized spacial score (nSPS) is 17.0. The molecule has 1 fully saturated rings. The second kappa shape index (κ2) is 6.62. The zero-order valence-electron chi connectivity index (χ0n) is 14.2. The lowest BCUT2D eigenvalue weighted by Crippen LogP contribution is -2.23. The fraction of sp³-hybridized carbons (Fsp3) is 0.350. The number of alkyl halides is 3. The topological polar surface area (TPSA) is 43.1 Å². The summed E-state index contributed by atoms with van der Waals surface area (Å²) in [5, 5.41) is 0.620. The number of nitrogens with two attached hydrogens (primary N) is 1. The van der Waals surface area contributed by atoms with Gasteiger partial charge in [-0.3, -0.25) is 4.79 Å². The van der Waals surface area contributed by atoms with Gasteiger partial charge in [0.05, 0.1) is 11.5 Å². The third-order valence-corrected chi connectivity index (χ3v) is 5.40. The van der Waals surface area contributed by atoms with Gasteiger partial charge in [0.15, 0.2) is 0 Å². The molecule has 1 unspecified atom stereocenters. The van der Waals surface area contributed by atoms with Gasteiger partial charge >= 0.3 is 6.18 Å². The molecule has 6 heteroatoms. The van der Waals surface area contributed by atoms with E-state index < -0.39 is 23.6 Å². The molecule has 0 aliphatic heterocycles. The predicted molar refractivity (Wildman–Crippen MR) is 95.1 cm³/mol. The Morgan fingerprint density at radius 3 is 2.46 bits per heavy atom. The molecule has 1 saturated carbocycles. The van der Waals surface area contributed by atoms with Gasteiger partial charge in [0.25, 0.3) is 0 Å². The van der Waals surface area contributed by atoms with Gasteiger partial charge in [-0.2, -0.15) is 13.2 Å². The van der Waals surface area contributed by atoms with Crippen LogP contribution in [-0.4, -0.2) is 5.91 Å². The molecule has 2 N–H and O–H groups in total.